The molecule has 1 heterocycles. The average molecular weight is 281 g/mol. The van der Waals surface area contributed by atoms with E-state index >= 15 is 0 Å². The number of aromatic nitrogens is 2. The summed E-state index contributed by atoms with van der Waals surface area (Å²) in [6.07, 6.45) is 7.21. The van der Waals surface area contributed by atoms with Crippen LogP contribution in [0.15, 0.2) is 4.52 Å². The van der Waals surface area contributed by atoms with E-state index in [0.717, 1.165) is 31.2 Å². The quantitative estimate of drug-likeness (QED) is 0.794. The molecule has 0 spiro atoms. The second-order valence-corrected chi connectivity index (χ2v) is 5.73. The van der Waals surface area contributed by atoms with Crippen molar-refractivity contribution >= 4 is 0 Å². The van der Waals surface area contributed by atoms with E-state index in [-0.39, 0.29) is 6.10 Å². The topological polar surface area (TPSA) is 60.2 Å². The fraction of sp³-hybridized carbons (Fsp3) is 0.867. The maximum Gasteiger partial charge on any atom is 0.228 e. The van der Waals surface area contributed by atoms with E-state index in [4.69, 9.17) is 9.26 Å². The molecule has 5 nitrogen and oxygen atoms in total. The molecule has 1 aliphatic carbocycles. The number of nitrogens with zero attached hydrogens (tertiary/aromatic N) is 2. The molecule has 1 saturated carbocycles. The summed E-state index contributed by atoms with van der Waals surface area (Å²) in [4.78, 5) is 4.46. The predicted octanol–water partition coefficient (Wildman–Crippen LogP) is 2.88. The molecular weight excluding hydrogens is 254 g/mol. The Hall–Kier alpha value is -0.940. The van der Waals surface area contributed by atoms with Gasteiger partial charge in [-0.1, -0.05) is 24.9 Å². The first-order valence-corrected chi connectivity index (χ1v) is 7.83. The standard InChI is InChI=1S/C15H27N3O2/c1-4-9-16-13(12-7-5-6-8-12)10-14-17-15(18-20-14)11(2)19-3/h11-13,16H,4-10H2,1-3H3. The lowest BCUT2D eigenvalue weighted by atomic mass is 9.95. The van der Waals surface area contributed by atoms with Crippen LogP contribution in [0.4, 0.5) is 0 Å². The van der Waals surface area contributed by atoms with Crippen LogP contribution in [0.5, 0.6) is 0 Å². The van der Waals surface area contributed by atoms with Crippen LogP contribution in [0.2, 0.25) is 0 Å². The summed E-state index contributed by atoms with van der Waals surface area (Å²) in [6.45, 7) is 5.18. The van der Waals surface area contributed by atoms with Gasteiger partial charge in [-0.25, -0.2) is 0 Å². The Bertz CT molecular complexity index is 388. The molecule has 1 aromatic heterocycles. The van der Waals surface area contributed by atoms with Gasteiger partial charge in [0.05, 0.1) is 0 Å². The zero-order valence-electron chi connectivity index (χ0n) is 12.9. The normalized spacial score (nSPS) is 19.4. The minimum absolute atomic E-state index is 0.110. The Balaban J connectivity index is 1.97. The molecule has 2 unspecified atom stereocenters. The van der Waals surface area contributed by atoms with Gasteiger partial charge in [0.15, 0.2) is 5.82 Å². The van der Waals surface area contributed by atoms with E-state index in [1.807, 2.05) is 6.92 Å². The highest BCUT2D eigenvalue weighted by Gasteiger charge is 2.26. The van der Waals surface area contributed by atoms with Crippen molar-refractivity contribution in [1.82, 2.24) is 15.5 Å². The highest BCUT2D eigenvalue weighted by atomic mass is 16.5. The zero-order valence-corrected chi connectivity index (χ0v) is 12.9. The smallest absolute Gasteiger partial charge is 0.228 e. The zero-order chi connectivity index (χ0) is 14.4. The molecule has 1 N–H and O–H groups in total. The van der Waals surface area contributed by atoms with Crippen molar-refractivity contribution in [3.63, 3.8) is 0 Å². The Morgan fingerprint density at radius 1 is 1.40 bits per heavy atom. The van der Waals surface area contributed by atoms with Crippen molar-refractivity contribution in [3.8, 4) is 0 Å². The van der Waals surface area contributed by atoms with E-state index in [1.54, 1.807) is 7.11 Å². The van der Waals surface area contributed by atoms with Gasteiger partial charge < -0.3 is 14.6 Å². The van der Waals surface area contributed by atoms with Crippen LogP contribution in [0.3, 0.4) is 0 Å². The van der Waals surface area contributed by atoms with Crippen LogP contribution in [-0.4, -0.2) is 29.8 Å². The summed E-state index contributed by atoms with van der Waals surface area (Å²) in [7, 11) is 1.66. The van der Waals surface area contributed by atoms with Crippen molar-refractivity contribution in [3.05, 3.63) is 11.7 Å². The number of hydrogen-bond donors (Lipinski definition) is 1. The molecule has 1 aromatic rings. The van der Waals surface area contributed by atoms with Crippen LogP contribution in [0.1, 0.15) is 63.8 Å². The summed E-state index contributed by atoms with van der Waals surface area (Å²) in [5.41, 5.74) is 0. The van der Waals surface area contributed by atoms with Crippen LogP contribution in [0, 0.1) is 5.92 Å². The Kier molecular flexibility index (Phi) is 5.98. The molecule has 1 aliphatic rings. The predicted molar refractivity (Wildman–Crippen MR) is 77.5 cm³/mol. The lowest BCUT2D eigenvalue weighted by Gasteiger charge is -2.23. The van der Waals surface area contributed by atoms with Gasteiger partial charge in [-0.3, -0.25) is 0 Å². The van der Waals surface area contributed by atoms with Gasteiger partial charge in [0.25, 0.3) is 0 Å². The first-order chi connectivity index (χ1) is 9.74. The number of hydrogen-bond acceptors (Lipinski definition) is 5. The molecular formula is C15H27N3O2. The highest BCUT2D eigenvalue weighted by molar-refractivity contribution is 4.94. The van der Waals surface area contributed by atoms with E-state index in [1.165, 1.54) is 25.7 Å². The van der Waals surface area contributed by atoms with Gasteiger partial charge >= 0.3 is 0 Å². The summed E-state index contributed by atoms with van der Waals surface area (Å²) >= 11 is 0. The molecule has 0 amide bonds. The lowest BCUT2D eigenvalue weighted by Crippen LogP contribution is -2.37. The largest absolute Gasteiger partial charge is 0.374 e. The monoisotopic (exact) mass is 281 g/mol. The molecule has 0 aromatic carbocycles. The third-order valence-corrected chi connectivity index (χ3v) is 4.22. The molecule has 0 radical (unpaired) electrons. The van der Waals surface area contributed by atoms with Gasteiger partial charge in [0.1, 0.15) is 6.10 Å². The van der Waals surface area contributed by atoms with Crippen LogP contribution < -0.4 is 5.32 Å². The Labute approximate surface area is 121 Å². The molecule has 5 heteroatoms. The van der Waals surface area contributed by atoms with Gasteiger partial charge in [-0.2, -0.15) is 4.98 Å². The second-order valence-electron chi connectivity index (χ2n) is 5.73. The van der Waals surface area contributed by atoms with Gasteiger partial charge in [-0.05, 0) is 38.6 Å². The SMILES string of the molecule is CCCNC(Cc1nc(C(C)OC)no1)C1CCCC1. The maximum atomic E-state index is 5.38. The van der Waals surface area contributed by atoms with E-state index < -0.39 is 0 Å². The van der Waals surface area contributed by atoms with Gasteiger partial charge in [0, 0.05) is 19.6 Å². The van der Waals surface area contributed by atoms with E-state index in [0.29, 0.717) is 11.9 Å². The third kappa shape index (κ3) is 4.03. The van der Waals surface area contributed by atoms with Crippen molar-refractivity contribution in [2.24, 2.45) is 5.92 Å². The third-order valence-electron chi connectivity index (χ3n) is 4.22. The number of methoxy groups -OCH3 is 1. The number of ether oxygens (including phenoxy) is 1. The molecule has 20 heavy (non-hydrogen) atoms. The summed E-state index contributed by atoms with van der Waals surface area (Å²) in [6, 6.07) is 0.462. The van der Waals surface area contributed by atoms with Gasteiger partial charge in [0.2, 0.25) is 5.89 Å². The molecule has 1 fully saturated rings. The Morgan fingerprint density at radius 2 is 2.15 bits per heavy atom. The first-order valence-electron chi connectivity index (χ1n) is 7.83. The number of nitrogens with one attached hydrogen (secondary N) is 1. The highest BCUT2D eigenvalue weighted by Crippen LogP contribution is 2.29. The molecule has 2 rings (SSSR count). The summed E-state index contributed by atoms with van der Waals surface area (Å²) in [5, 5.41) is 7.66. The molecule has 2 atom stereocenters. The van der Waals surface area contributed by atoms with Crippen molar-refractivity contribution in [2.45, 2.75) is 64.5 Å². The fourth-order valence-corrected chi connectivity index (χ4v) is 2.90. The van der Waals surface area contributed by atoms with Crippen molar-refractivity contribution in [1.29, 1.82) is 0 Å². The first kappa shape index (κ1) is 15.4. The number of rotatable bonds is 8. The van der Waals surface area contributed by atoms with Crippen molar-refractivity contribution in [2.75, 3.05) is 13.7 Å². The van der Waals surface area contributed by atoms with Crippen molar-refractivity contribution < 1.29 is 9.26 Å². The van der Waals surface area contributed by atoms with Gasteiger partial charge in [-0.15, -0.1) is 0 Å². The van der Waals surface area contributed by atoms with Crippen LogP contribution in [0.25, 0.3) is 0 Å². The molecule has 0 aliphatic heterocycles. The van der Waals surface area contributed by atoms with Crippen LogP contribution in [-0.2, 0) is 11.2 Å². The minimum Gasteiger partial charge on any atom is -0.374 e. The minimum atomic E-state index is -0.110. The molecule has 0 saturated heterocycles. The van der Waals surface area contributed by atoms with E-state index in [2.05, 4.69) is 22.4 Å². The summed E-state index contributed by atoms with van der Waals surface area (Å²) < 4.78 is 10.6. The maximum absolute atomic E-state index is 5.38. The lowest BCUT2D eigenvalue weighted by molar-refractivity contribution is 0.109. The molecule has 0 bridgehead atoms. The fourth-order valence-electron chi connectivity index (χ4n) is 2.90. The van der Waals surface area contributed by atoms with Crippen LogP contribution >= 0.6 is 0 Å². The molecule has 114 valence electrons. The summed E-state index contributed by atoms with van der Waals surface area (Å²) in [5.74, 6) is 2.12. The van der Waals surface area contributed by atoms with E-state index in [9.17, 15) is 0 Å². The average Bonchev–Trinajstić information content (AvgIpc) is 3.13. The Morgan fingerprint density at radius 3 is 2.80 bits per heavy atom. The second kappa shape index (κ2) is 7.74.